The molecule has 5 nitrogen and oxygen atoms in total. The summed E-state index contributed by atoms with van der Waals surface area (Å²) in [6, 6.07) is 7.74. The predicted molar refractivity (Wildman–Crippen MR) is 87.9 cm³/mol. The van der Waals surface area contributed by atoms with Crippen LogP contribution in [-0.2, 0) is 4.74 Å². The molecule has 5 heteroatoms. The lowest BCUT2D eigenvalue weighted by Crippen LogP contribution is -2.48. The molecule has 0 aromatic heterocycles. The van der Waals surface area contributed by atoms with E-state index in [0.29, 0.717) is 0 Å². The molecule has 0 amide bonds. The number of hydrogen-bond acceptors (Lipinski definition) is 5. The molecule has 22 heavy (non-hydrogen) atoms. The Labute approximate surface area is 133 Å². The van der Waals surface area contributed by atoms with Crippen LogP contribution in [0.5, 0.6) is 11.5 Å². The van der Waals surface area contributed by atoms with Gasteiger partial charge >= 0.3 is 0 Å². The third-order valence-electron chi connectivity index (χ3n) is 3.96. The van der Waals surface area contributed by atoms with Crippen molar-refractivity contribution in [2.75, 3.05) is 66.2 Å². The molecule has 0 N–H and O–H groups in total. The lowest BCUT2D eigenvalue weighted by molar-refractivity contribution is 0.0759. The summed E-state index contributed by atoms with van der Waals surface area (Å²) in [4.78, 5) is 4.93. The van der Waals surface area contributed by atoms with Gasteiger partial charge in [0.05, 0.1) is 13.7 Å². The molecule has 1 fully saturated rings. The van der Waals surface area contributed by atoms with Gasteiger partial charge in [-0.15, -0.1) is 0 Å². The van der Waals surface area contributed by atoms with E-state index in [0.717, 1.165) is 70.6 Å². The Hall–Kier alpha value is -1.30. The first-order chi connectivity index (χ1) is 10.8. The average Bonchev–Trinajstić information content (AvgIpc) is 2.57. The van der Waals surface area contributed by atoms with Gasteiger partial charge in [0.25, 0.3) is 0 Å². The third-order valence-corrected chi connectivity index (χ3v) is 3.96. The maximum atomic E-state index is 5.78. The molecular weight excluding hydrogens is 280 g/mol. The Balaban J connectivity index is 1.58. The Morgan fingerprint density at radius 2 is 1.41 bits per heavy atom. The number of piperazine rings is 1. The van der Waals surface area contributed by atoms with E-state index >= 15 is 0 Å². The summed E-state index contributed by atoms with van der Waals surface area (Å²) in [6.45, 7) is 10.9. The second kappa shape index (κ2) is 9.66. The summed E-state index contributed by atoms with van der Waals surface area (Å²) < 4.78 is 16.3. The van der Waals surface area contributed by atoms with Gasteiger partial charge in [0.2, 0.25) is 0 Å². The first-order valence-corrected chi connectivity index (χ1v) is 8.11. The Morgan fingerprint density at radius 3 is 1.95 bits per heavy atom. The van der Waals surface area contributed by atoms with Crippen LogP contribution < -0.4 is 9.47 Å². The Bertz CT molecular complexity index is 403. The number of hydrogen-bond donors (Lipinski definition) is 0. The van der Waals surface area contributed by atoms with Crippen molar-refractivity contribution in [2.24, 2.45) is 0 Å². The minimum atomic E-state index is 0.727. The zero-order chi connectivity index (χ0) is 15.6. The van der Waals surface area contributed by atoms with Crippen molar-refractivity contribution in [1.82, 2.24) is 9.80 Å². The van der Waals surface area contributed by atoms with E-state index in [4.69, 9.17) is 14.2 Å². The van der Waals surface area contributed by atoms with E-state index in [-0.39, 0.29) is 0 Å². The second-order valence-corrected chi connectivity index (χ2v) is 5.40. The largest absolute Gasteiger partial charge is 0.497 e. The molecule has 1 saturated heterocycles. The standard InChI is InChI=1S/C17H28N2O3/c1-3-21-14-12-18-8-10-19(11-9-18)13-15-22-17-6-4-16(20-2)5-7-17/h4-7H,3,8-15H2,1-2H3. The summed E-state index contributed by atoms with van der Waals surface area (Å²) >= 11 is 0. The predicted octanol–water partition coefficient (Wildman–Crippen LogP) is 1.73. The SMILES string of the molecule is CCOCCN1CCN(CCOc2ccc(OC)cc2)CC1. The van der Waals surface area contributed by atoms with Crippen molar-refractivity contribution in [3.8, 4) is 11.5 Å². The molecule has 1 aliphatic heterocycles. The highest BCUT2D eigenvalue weighted by Crippen LogP contribution is 2.16. The van der Waals surface area contributed by atoms with Gasteiger partial charge < -0.3 is 14.2 Å². The normalized spacial score (nSPS) is 16.6. The van der Waals surface area contributed by atoms with Crippen molar-refractivity contribution in [2.45, 2.75) is 6.92 Å². The average molecular weight is 308 g/mol. The van der Waals surface area contributed by atoms with E-state index in [9.17, 15) is 0 Å². The zero-order valence-corrected chi connectivity index (χ0v) is 13.8. The smallest absolute Gasteiger partial charge is 0.119 e. The van der Waals surface area contributed by atoms with Gasteiger partial charge in [-0.1, -0.05) is 0 Å². The van der Waals surface area contributed by atoms with Gasteiger partial charge in [0.15, 0.2) is 0 Å². The fraction of sp³-hybridized carbons (Fsp3) is 0.647. The van der Waals surface area contributed by atoms with Gasteiger partial charge in [-0.05, 0) is 31.2 Å². The highest BCUT2D eigenvalue weighted by molar-refractivity contribution is 5.31. The molecule has 1 aromatic rings. The van der Waals surface area contributed by atoms with Gasteiger partial charge in [-0.25, -0.2) is 0 Å². The van der Waals surface area contributed by atoms with Crippen molar-refractivity contribution in [3.05, 3.63) is 24.3 Å². The number of benzene rings is 1. The van der Waals surface area contributed by atoms with Gasteiger partial charge in [0, 0.05) is 45.9 Å². The molecule has 0 unspecified atom stereocenters. The molecule has 1 aromatic carbocycles. The molecule has 1 heterocycles. The van der Waals surface area contributed by atoms with Crippen LogP contribution in [0.15, 0.2) is 24.3 Å². The molecule has 2 rings (SSSR count). The fourth-order valence-electron chi connectivity index (χ4n) is 2.54. The Kier molecular flexibility index (Phi) is 7.49. The lowest BCUT2D eigenvalue weighted by Gasteiger charge is -2.34. The minimum absolute atomic E-state index is 0.727. The quantitative estimate of drug-likeness (QED) is 0.649. The summed E-state index contributed by atoms with van der Waals surface area (Å²) in [7, 11) is 1.67. The number of nitrogens with zero attached hydrogens (tertiary/aromatic N) is 2. The maximum Gasteiger partial charge on any atom is 0.119 e. The van der Waals surface area contributed by atoms with Crippen LogP contribution in [0.4, 0.5) is 0 Å². The van der Waals surface area contributed by atoms with E-state index < -0.39 is 0 Å². The molecule has 0 radical (unpaired) electrons. The van der Waals surface area contributed by atoms with Crippen LogP contribution in [0, 0.1) is 0 Å². The molecule has 1 aliphatic rings. The maximum absolute atomic E-state index is 5.78. The molecule has 0 spiro atoms. The first kappa shape index (κ1) is 17.1. The van der Waals surface area contributed by atoms with Gasteiger partial charge in [-0.3, -0.25) is 9.80 Å². The number of ether oxygens (including phenoxy) is 3. The van der Waals surface area contributed by atoms with Crippen LogP contribution in [0.25, 0.3) is 0 Å². The van der Waals surface area contributed by atoms with E-state index in [1.807, 2.05) is 31.2 Å². The first-order valence-electron chi connectivity index (χ1n) is 8.11. The van der Waals surface area contributed by atoms with E-state index in [1.165, 1.54) is 0 Å². The van der Waals surface area contributed by atoms with Gasteiger partial charge in [0.1, 0.15) is 18.1 Å². The summed E-state index contributed by atoms with van der Waals surface area (Å²) in [5.74, 6) is 1.76. The molecule has 0 atom stereocenters. The minimum Gasteiger partial charge on any atom is -0.497 e. The fourth-order valence-corrected chi connectivity index (χ4v) is 2.54. The number of methoxy groups -OCH3 is 1. The zero-order valence-electron chi connectivity index (χ0n) is 13.8. The van der Waals surface area contributed by atoms with E-state index in [1.54, 1.807) is 7.11 Å². The van der Waals surface area contributed by atoms with Crippen molar-refractivity contribution in [1.29, 1.82) is 0 Å². The monoisotopic (exact) mass is 308 g/mol. The summed E-state index contributed by atoms with van der Waals surface area (Å²) in [6.07, 6.45) is 0. The molecule has 0 bridgehead atoms. The van der Waals surface area contributed by atoms with Crippen molar-refractivity contribution >= 4 is 0 Å². The number of rotatable bonds is 9. The van der Waals surface area contributed by atoms with E-state index in [2.05, 4.69) is 9.80 Å². The van der Waals surface area contributed by atoms with Crippen LogP contribution in [0.1, 0.15) is 6.92 Å². The highest BCUT2D eigenvalue weighted by Gasteiger charge is 2.16. The summed E-state index contributed by atoms with van der Waals surface area (Å²) in [5, 5.41) is 0. The lowest BCUT2D eigenvalue weighted by atomic mass is 10.3. The highest BCUT2D eigenvalue weighted by atomic mass is 16.5. The van der Waals surface area contributed by atoms with Crippen LogP contribution >= 0.6 is 0 Å². The van der Waals surface area contributed by atoms with Gasteiger partial charge in [-0.2, -0.15) is 0 Å². The molecular formula is C17H28N2O3. The topological polar surface area (TPSA) is 34.2 Å². The molecule has 124 valence electrons. The van der Waals surface area contributed by atoms with Crippen LogP contribution in [-0.4, -0.2) is 76.0 Å². The van der Waals surface area contributed by atoms with Crippen molar-refractivity contribution in [3.63, 3.8) is 0 Å². The molecule has 0 aliphatic carbocycles. The summed E-state index contributed by atoms with van der Waals surface area (Å²) in [5.41, 5.74) is 0. The Morgan fingerprint density at radius 1 is 0.864 bits per heavy atom. The molecule has 0 saturated carbocycles. The van der Waals surface area contributed by atoms with Crippen LogP contribution in [0.2, 0.25) is 0 Å². The third kappa shape index (κ3) is 5.83. The van der Waals surface area contributed by atoms with Crippen LogP contribution in [0.3, 0.4) is 0 Å². The van der Waals surface area contributed by atoms with Crippen molar-refractivity contribution < 1.29 is 14.2 Å². The second-order valence-electron chi connectivity index (χ2n) is 5.40.